The standard InChI is InChI=1S/C11H13BrN4O2/c1-18-6-4-14-11(17)8-9(13)16-5-2-3-7(12)10(16)15-8/h2-3,5H,4,6,13H2,1H3,(H,14,17). The van der Waals surface area contributed by atoms with Crippen molar-refractivity contribution < 1.29 is 9.53 Å². The molecule has 18 heavy (non-hydrogen) atoms. The van der Waals surface area contributed by atoms with Gasteiger partial charge in [-0.15, -0.1) is 0 Å². The minimum Gasteiger partial charge on any atom is -0.383 e. The van der Waals surface area contributed by atoms with Crippen LogP contribution in [0.3, 0.4) is 0 Å². The molecular weight excluding hydrogens is 300 g/mol. The van der Waals surface area contributed by atoms with Crippen LogP contribution in [0.4, 0.5) is 5.82 Å². The number of ether oxygens (including phenoxy) is 1. The molecule has 2 heterocycles. The van der Waals surface area contributed by atoms with Crippen LogP contribution in [-0.4, -0.2) is 35.6 Å². The van der Waals surface area contributed by atoms with E-state index < -0.39 is 0 Å². The maximum atomic E-state index is 11.9. The van der Waals surface area contributed by atoms with Gasteiger partial charge in [0, 0.05) is 19.9 Å². The van der Waals surface area contributed by atoms with Crippen molar-refractivity contribution in [1.82, 2.24) is 14.7 Å². The normalized spacial score (nSPS) is 10.8. The smallest absolute Gasteiger partial charge is 0.273 e. The number of nitrogens with zero attached hydrogens (tertiary/aromatic N) is 2. The predicted molar refractivity (Wildman–Crippen MR) is 71.5 cm³/mol. The Morgan fingerprint density at radius 1 is 1.67 bits per heavy atom. The number of imidazole rings is 1. The molecule has 2 aromatic rings. The second-order valence-corrected chi connectivity index (χ2v) is 4.50. The van der Waals surface area contributed by atoms with Gasteiger partial charge in [0.2, 0.25) is 0 Å². The Bertz CT molecular complexity index is 582. The zero-order chi connectivity index (χ0) is 13.1. The number of amides is 1. The van der Waals surface area contributed by atoms with Crippen LogP contribution in [0, 0.1) is 0 Å². The van der Waals surface area contributed by atoms with Gasteiger partial charge in [-0.1, -0.05) is 0 Å². The van der Waals surface area contributed by atoms with Crippen LogP contribution in [0.1, 0.15) is 10.5 Å². The van der Waals surface area contributed by atoms with Crippen LogP contribution in [0.2, 0.25) is 0 Å². The predicted octanol–water partition coefficient (Wildman–Crippen LogP) is 1.06. The van der Waals surface area contributed by atoms with Gasteiger partial charge >= 0.3 is 0 Å². The number of carbonyl (C=O) groups excluding carboxylic acids is 1. The highest BCUT2D eigenvalue weighted by Gasteiger charge is 2.17. The Hall–Kier alpha value is -1.60. The lowest BCUT2D eigenvalue weighted by molar-refractivity contribution is 0.0933. The van der Waals surface area contributed by atoms with Gasteiger partial charge in [-0.2, -0.15) is 0 Å². The first-order valence-electron chi connectivity index (χ1n) is 5.34. The quantitative estimate of drug-likeness (QED) is 0.827. The molecule has 0 spiro atoms. The average Bonchev–Trinajstić information content (AvgIpc) is 2.69. The van der Waals surface area contributed by atoms with Crippen molar-refractivity contribution in [2.45, 2.75) is 0 Å². The Balaban J connectivity index is 2.31. The van der Waals surface area contributed by atoms with E-state index in [-0.39, 0.29) is 11.6 Å². The summed E-state index contributed by atoms with van der Waals surface area (Å²) in [5, 5.41) is 2.69. The topological polar surface area (TPSA) is 81.6 Å². The number of nitrogens with one attached hydrogen (secondary N) is 1. The minimum absolute atomic E-state index is 0.220. The van der Waals surface area contributed by atoms with Crippen molar-refractivity contribution in [3.63, 3.8) is 0 Å². The molecule has 2 rings (SSSR count). The van der Waals surface area contributed by atoms with Crippen LogP contribution < -0.4 is 11.1 Å². The summed E-state index contributed by atoms with van der Waals surface area (Å²) in [6.45, 7) is 0.868. The molecule has 0 atom stereocenters. The van der Waals surface area contributed by atoms with Crippen molar-refractivity contribution in [2.24, 2.45) is 0 Å². The number of rotatable bonds is 4. The van der Waals surface area contributed by atoms with Crippen LogP contribution in [-0.2, 0) is 4.74 Å². The SMILES string of the molecule is COCCNC(=O)c1nc2c(Br)cccn2c1N. The molecule has 6 nitrogen and oxygen atoms in total. The van der Waals surface area contributed by atoms with E-state index >= 15 is 0 Å². The highest BCUT2D eigenvalue weighted by molar-refractivity contribution is 9.10. The fraction of sp³-hybridized carbons (Fsp3) is 0.273. The van der Waals surface area contributed by atoms with Crippen molar-refractivity contribution in [1.29, 1.82) is 0 Å². The summed E-state index contributed by atoms with van der Waals surface area (Å²) in [5.41, 5.74) is 6.74. The summed E-state index contributed by atoms with van der Waals surface area (Å²) in [4.78, 5) is 16.1. The molecule has 1 amide bonds. The lowest BCUT2D eigenvalue weighted by atomic mass is 10.4. The van der Waals surface area contributed by atoms with Gasteiger partial charge in [0.15, 0.2) is 11.3 Å². The summed E-state index contributed by atoms with van der Waals surface area (Å²) in [6.07, 6.45) is 1.76. The molecule has 0 saturated carbocycles. The number of pyridine rings is 1. The molecule has 0 radical (unpaired) electrons. The third-order valence-corrected chi connectivity index (χ3v) is 3.07. The minimum atomic E-state index is -0.305. The molecule has 3 N–H and O–H groups in total. The molecule has 0 unspecified atom stereocenters. The zero-order valence-corrected chi connectivity index (χ0v) is 11.4. The van der Waals surface area contributed by atoms with Gasteiger partial charge in [-0.25, -0.2) is 4.98 Å². The monoisotopic (exact) mass is 312 g/mol. The lowest BCUT2D eigenvalue weighted by Gasteiger charge is -2.02. The molecule has 0 fully saturated rings. The Morgan fingerprint density at radius 2 is 2.44 bits per heavy atom. The average molecular weight is 313 g/mol. The van der Waals surface area contributed by atoms with Gasteiger partial charge < -0.3 is 15.8 Å². The van der Waals surface area contributed by atoms with E-state index in [0.717, 1.165) is 4.47 Å². The third-order valence-electron chi connectivity index (χ3n) is 2.45. The van der Waals surface area contributed by atoms with Crippen molar-refractivity contribution in [2.75, 3.05) is 26.0 Å². The number of hydrogen-bond donors (Lipinski definition) is 2. The molecule has 0 bridgehead atoms. The molecular formula is C11H13BrN4O2. The van der Waals surface area contributed by atoms with E-state index in [1.165, 1.54) is 0 Å². The number of nitrogens with two attached hydrogens (primary N) is 1. The van der Waals surface area contributed by atoms with E-state index in [1.807, 2.05) is 12.1 Å². The van der Waals surface area contributed by atoms with Crippen molar-refractivity contribution in [3.8, 4) is 0 Å². The molecule has 0 aliphatic heterocycles. The number of carbonyl (C=O) groups is 1. The first-order chi connectivity index (χ1) is 8.65. The van der Waals surface area contributed by atoms with Gasteiger partial charge in [0.1, 0.15) is 5.82 Å². The Labute approximate surface area is 112 Å². The Kier molecular flexibility index (Phi) is 3.83. The summed E-state index contributed by atoms with van der Waals surface area (Å²) >= 11 is 3.37. The lowest BCUT2D eigenvalue weighted by Crippen LogP contribution is -2.27. The second kappa shape index (κ2) is 5.36. The number of aromatic nitrogens is 2. The van der Waals surface area contributed by atoms with E-state index in [4.69, 9.17) is 10.5 Å². The van der Waals surface area contributed by atoms with E-state index in [0.29, 0.717) is 24.6 Å². The maximum Gasteiger partial charge on any atom is 0.273 e. The van der Waals surface area contributed by atoms with E-state index in [1.54, 1.807) is 17.7 Å². The highest BCUT2D eigenvalue weighted by Crippen LogP contribution is 2.21. The second-order valence-electron chi connectivity index (χ2n) is 3.64. The number of nitrogen functional groups attached to an aromatic ring is 1. The van der Waals surface area contributed by atoms with Gasteiger partial charge in [-0.05, 0) is 28.1 Å². The van der Waals surface area contributed by atoms with Crippen LogP contribution in [0.25, 0.3) is 5.65 Å². The summed E-state index contributed by atoms with van der Waals surface area (Å²) in [6, 6.07) is 3.66. The number of halogens is 1. The fourth-order valence-electron chi connectivity index (χ4n) is 1.57. The molecule has 7 heteroatoms. The van der Waals surface area contributed by atoms with Gasteiger partial charge in [0.25, 0.3) is 5.91 Å². The zero-order valence-electron chi connectivity index (χ0n) is 9.81. The van der Waals surface area contributed by atoms with Crippen molar-refractivity contribution in [3.05, 3.63) is 28.5 Å². The molecule has 0 aliphatic carbocycles. The van der Waals surface area contributed by atoms with E-state index in [2.05, 4.69) is 26.2 Å². The van der Waals surface area contributed by atoms with E-state index in [9.17, 15) is 4.79 Å². The van der Waals surface area contributed by atoms with Crippen LogP contribution in [0.15, 0.2) is 22.8 Å². The third kappa shape index (κ3) is 2.32. The van der Waals surface area contributed by atoms with Crippen LogP contribution in [0.5, 0.6) is 0 Å². The van der Waals surface area contributed by atoms with Gasteiger partial charge in [0.05, 0.1) is 11.1 Å². The maximum absolute atomic E-state index is 11.9. The summed E-state index contributed by atoms with van der Waals surface area (Å²) < 4.78 is 7.30. The number of hydrogen-bond acceptors (Lipinski definition) is 4. The Morgan fingerprint density at radius 3 is 3.11 bits per heavy atom. The number of anilines is 1. The summed E-state index contributed by atoms with van der Waals surface area (Å²) in [5.74, 6) is 0.0152. The molecule has 0 aliphatic rings. The largest absolute Gasteiger partial charge is 0.383 e. The number of methoxy groups -OCH3 is 1. The fourth-order valence-corrected chi connectivity index (χ4v) is 2.00. The van der Waals surface area contributed by atoms with Gasteiger partial charge in [-0.3, -0.25) is 9.20 Å². The molecule has 0 saturated heterocycles. The highest BCUT2D eigenvalue weighted by atomic mass is 79.9. The first-order valence-corrected chi connectivity index (χ1v) is 6.13. The summed E-state index contributed by atoms with van der Waals surface area (Å²) in [7, 11) is 1.57. The van der Waals surface area contributed by atoms with Crippen molar-refractivity contribution >= 4 is 33.3 Å². The first kappa shape index (κ1) is 12.8. The van der Waals surface area contributed by atoms with Crippen LogP contribution >= 0.6 is 15.9 Å². The number of fused-ring (bicyclic) bond motifs is 1. The molecule has 96 valence electrons. The molecule has 2 aromatic heterocycles. The molecule has 0 aromatic carbocycles.